The molecule has 0 spiro atoms. The molecule has 0 bridgehead atoms. The van der Waals surface area contributed by atoms with E-state index in [0.717, 1.165) is 6.07 Å². The molecular formula is C7H5BrN2O4. The van der Waals surface area contributed by atoms with Gasteiger partial charge >= 0.3 is 6.09 Å². The third-order valence-electron chi connectivity index (χ3n) is 1.39. The number of rotatable bonds is 2. The van der Waals surface area contributed by atoms with Crippen LogP contribution in [0.15, 0.2) is 22.7 Å². The predicted octanol–water partition coefficient (Wildman–Crippen LogP) is 2.45. The van der Waals surface area contributed by atoms with Crippen molar-refractivity contribution in [2.45, 2.75) is 0 Å². The second kappa shape index (κ2) is 4.05. The first-order valence-corrected chi connectivity index (χ1v) is 4.24. The van der Waals surface area contributed by atoms with Crippen LogP contribution in [0, 0.1) is 10.1 Å². The van der Waals surface area contributed by atoms with Crippen molar-refractivity contribution in [2.24, 2.45) is 0 Å². The predicted molar refractivity (Wildman–Crippen MR) is 52.4 cm³/mol. The Bertz CT molecular complexity index is 393. The third-order valence-corrected chi connectivity index (χ3v) is 2.06. The minimum Gasteiger partial charge on any atom is -0.465 e. The fraction of sp³-hybridized carbons (Fsp3) is 0. The normalized spacial score (nSPS) is 9.50. The molecule has 1 amide bonds. The Morgan fingerprint density at radius 3 is 2.71 bits per heavy atom. The molecular weight excluding hydrogens is 256 g/mol. The van der Waals surface area contributed by atoms with Crippen LogP contribution in [0.2, 0.25) is 0 Å². The number of amides is 1. The van der Waals surface area contributed by atoms with Crippen LogP contribution in [-0.2, 0) is 0 Å². The molecule has 1 rings (SSSR count). The number of nitro groups is 1. The zero-order valence-electron chi connectivity index (χ0n) is 6.73. The molecule has 1 aromatic carbocycles. The number of halogens is 1. The molecule has 0 aromatic heterocycles. The van der Waals surface area contributed by atoms with E-state index in [2.05, 4.69) is 15.9 Å². The van der Waals surface area contributed by atoms with Gasteiger partial charge in [0.25, 0.3) is 5.69 Å². The van der Waals surface area contributed by atoms with Gasteiger partial charge in [0.1, 0.15) is 0 Å². The molecule has 74 valence electrons. The summed E-state index contributed by atoms with van der Waals surface area (Å²) in [5.41, 5.74) is -0.0244. The Morgan fingerprint density at radius 2 is 2.21 bits per heavy atom. The van der Waals surface area contributed by atoms with Gasteiger partial charge in [0.05, 0.1) is 15.1 Å². The highest BCUT2D eigenvalue weighted by Gasteiger charge is 2.12. The fourth-order valence-electron chi connectivity index (χ4n) is 0.854. The van der Waals surface area contributed by atoms with Gasteiger partial charge in [-0.2, -0.15) is 0 Å². The molecule has 0 aliphatic carbocycles. The molecule has 6 nitrogen and oxygen atoms in total. The van der Waals surface area contributed by atoms with Gasteiger partial charge in [-0.25, -0.2) is 4.79 Å². The Labute approximate surface area is 86.8 Å². The maximum Gasteiger partial charge on any atom is 0.409 e. The Hall–Kier alpha value is -1.63. The van der Waals surface area contributed by atoms with Crippen molar-refractivity contribution in [1.82, 2.24) is 0 Å². The first-order valence-electron chi connectivity index (χ1n) is 3.44. The number of carboxylic acid groups (broad SMARTS) is 1. The van der Waals surface area contributed by atoms with Gasteiger partial charge in [-0.15, -0.1) is 0 Å². The lowest BCUT2D eigenvalue weighted by Gasteiger charge is -2.01. The monoisotopic (exact) mass is 260 g/mol. The molecule has 0 saturated heterocycles. The van der Waals surface area contributed by atoms with Crippen molar-refractivity contribution in [3.63, 3.8) is 0 Å². The Kier molecular flexibility index (Phi) is 3.03. The zero-order chi connectivity index (χ0) is 10.7. The van der Waals surface area contributed by atoms with Gasteiger partial charge in [-0.05, 0) is 28.1 Å². The summed E-state index contributed by atoms with van der Waals surface area (Å²) in [6.07, 6.45) is -1.26. The average Bonchev–Trinajstić information content (AvgIpc) is 2.07. The maximum atomic E-state index is 10.5. The van der Waals surface area contributed by atoms with Crippen molar-refractivity contribution in [3.8, 4) is 0 Å². The zero-order valence-corrected chi connectivity index (χ0v) is 8.32. The summed E-state index contributed by atoms with van der Waals surface area (Å²) in [6.45, 7) is 0. The van der Waals surface area contributed by atoms with Gasteiger partial charge in [-0.3, -0.25) is 15.4 Å². The van der Waals surface area contributed by atoms with Crippen LogP contribution >= 0.6 is 15.9 Å². The number of nitrogens with one attached hydrogen (secondary N) is 1. The summed E-state index contributed by atoms with van der Waals surface area (Å²) in [4.78, 5) is 20.1. The van der Waals surface area contributed by atoms with Crippen molar-refractivity contribution >= 4 is 33.4 Å². The van der Waals surface area contributed by atoms with Crippen molar-refractivity contribution < 1.29 is 14.8 Å². The van der Waals surface area contributed by atoms with E-state index in [0.29, 0.717) is 4.47 Å². The molecule has 0 atom stereocenters. The largest absolute Gasteiger partial charge is 0.465 e. The van der Waals surface area contributed by atoms with Gasteiger partial charge in [0.2, 0.25) is 0 Å². The molecule has 0 radical (unpaired) electrons. The lowest BCUT2D eigenvalue weighted by molar-refractivity contribution is -0.385. The summed E-state index contributed by atoms with van der Waals surface area (Å²) in [5.74, 6) is 0. The van der Waals surface area contributed by atoms with E-state index in [1.165, 1.54) is 12.1 Å². The lowest BCUT2D eigenvalue weighted by Crippen LogP contribution is -2.07. The number of hydrogen-bond donors (Lipinski definition) is 2. The summed E-state index contributed by atoms with van der Waals surface area (Å²) in [7, 11) is 0. The standard InChI is InChI=1S/C7H5BrN2O4/c8-5-2-1-4(9-7(11)12)3-6(5)10(13)14/h1-3,9H,(H,11,12). The van der Waals surface area contributed by atoms with E-state index >= 15 is 0 Å². The van der Waals surface area contributed by atoms with Crippen LogP contribution in [-0.4, -0.2) is 16.1 Å². The minimum atomic E-state index is -1.26. The van der Waals surface area contributed by atoms with Gasteiger partial charge in [0, 0.05) is 6.07 Å². The Balaban J connectivity index is 3.06. The highest BCUT2D eigenvalue weighted by atomic mass is 79.9. The summed E-state index contributed by atoms with van der Waals surface area (Å²) in [6, 6.07) is 3.97. The van der Waals surface area contributed by atoms with Crippen LogP contribution in [0.3, 0.4) is 0 Å². The molecule has 0 saturated carbocycles. The molecule has 7 heteroatoms. The lowest BCUT2D eigenvalue weighted by atomic mass is 10.3. The molecule has 0 heterocycles. The number of nitrogens with zero attached hydrogens (tertiary/aromatic N) is 1. The van der Waals surface area contributed by atoms with Crippen molar-refractivity contribution in [2.75, 3.05) is 5.32 Å². The van der Waals surface area contributed by atoms with E-state index in [-0.39, 0.29) is 11.4 Å². The summed E-state index contributed by atoms with van der Waals surface area (Å²) in [5, 5.41) is 20.9. The third kappa shape index (κ3) is 2.43. The molecule has 14 heavy (non-hydrogen) atoms. The number of nitro benzene ring substituents is 1. The quantitative estimate of drug-likeness (QED) is 0.631. The molecule has 0 aliphatic heterocycles. The SMILES string of the molecule is O=C(O)Nc1ccc(Br)c([N+](=O)[O-])c1. The first-order chi connectivity index (χ1) is 6.50. The summed E-state index contributed by atoms with van der Waals surface area (Å²) < 4.78 is 0.304. The molecule has 2 N–H and O–H groups in total. The summed E-state index contributed by atoms with van der Waals surface area (Å²) >= 11 is 2.98. The molecule has 0 fully saturated rings. The van der Waals surface area contributed by atoms with Crippen LogP contribution < -0.4 is 5.32 Å². The van der Waals surface area contributed by atoms with Crippen LogP contribution in [0.25, 0.3) is 0 Å². The van der Waals surface area contributed by atoms with Crippen LogP contribution in [0.5, 0.6) is 0 Å². The fourth-order valence-corrected chi connectivity index (χ4v) is 1.25. The van der Waals surface area contributed by atoms with Gasteiger partial charge in [-0.1, -0.05) is 0 Å². The number of benzene rings is 1. The van der Waals surface area contributed by atoms with E-state index in [1.807, 2.05) is 5.32 Å². The second-order valence-electron chi connectivity index (χ2n) is 2.35. The Morgan fingerprint density at radius 1 is 1.57 bits per heavy atom. The molecule has 0 aliphatic rings. The van der Waals surface area contributed by atoms with Crippen molar-refractivity contribution in [1.29, 1.82) is 0 Å². The van der Waals surface area contributed by atoms with E-state index in [1.54, 1.807) is 0 Å². The number of hydrogen-bond acceptors (Lipinski definition) is 3. The smallest absolute Gasteiger partial charge is 0.409 e. The maximum absolute atomic E-state index is 10.5. The van der Waals surface area contributed by atoms with E-state index in [4.69, 9.17) is 5.11 Å². The average molecular weight is 261 g/mol. The van der Waals surface area contributed by atoms with Crippen molar-refractivity contribution in [3.05, 3.63) is 32.8 Å². The van der Waals surface area contributed by atoms with E-state index < -0.39 is 11.0 Å². The number of anilines is 1. The second-order valence-corrected chi connectivity index (χ2v) is 3.21. The number of carbonyl (C=O) groups is 1. The van der Waals surface area contributed by atoms with Crippen LogP contribution in [0.4, 0.5) is 16.2 Å². The molecule has 1 aromatic rings. The first kappa shape index (κ1) is 10.5. The van der Waals surface area contributed by atoms with Crippen LogP contribution in [0.1, 0.15) is 0 Å². The van der Waals surface area contributed by atoms with E-state index in [9.17, 15) is 14.9 Å². The topological polar surface area (TPSA) is 92.5 Å². The highest BCUT2D eigenvalue weighted by molar-refractivity contribution is 9.10. The minimum absolute atomic E-state index is 0.160. The molecule has 0 unspecified atom stereocenters. The van der Waals surface area contributed by atoms with Gasteiger partial charge < -0.3 is 5.11 Å². The highest BCUT2D eigenvalue weighted by Crippen LogP contribution is 2.27. The van der Waals surface area contributed by atoms with Gasteiger partial charge in [0.15, 0.2) is 0 Å².